The van der Waals surface area contributed by atoms with Gasteiger partial charge < -0.3 is 16.0 Å². The Balaban J connectivity index is 2.07. The maximum Gasteiger partial charge on any atom is 0.131 e. The molecule has 3 rings (SSSR count). The normalized spacial score (nSPS) is 24.6. The van der Waals surface area contributed by atoms with Crippen molar-refractivity contribution in [1.29, 1.82) is 0 Å². The molecule has 0 saturated heterocycles. The van der Waals surface area contributed by atoms with E-state index in [2.05, 4.69) is 65.8 Å². The van der Waals surface area contributed by atoms with Crippen LogP contribution < -0.4 is 11.1 Å². The molecule has 0 amide bonds. The number of benzene rings is 1. The van der Waals surface area contributed by atoms with E-state index in [9.17, 15) is 0 Å². The van der Waals surface area contributed by atoms with Gasteiger partial charge in [-0.05, 0) is 31.2 Å². The quantitative estimate of drug-likeness (QED) is 0.869. The second kappa shape index (κ2) is 4.59. The molecular weight excluding hydrogens is 234 g/mol. The Morgan fingerprint density at radius 2 is 2.00 bits per heavy atom. The van der Waals surface area contributed by atoms with Crippen molar-refractivity contribution in [2.75, 3.05) is 6.54 Å². The van der Waals surface area contributed by atoms with Crippen molar-refractivity contribution in [3.8, 4) is 0 Å². The highest BCUT2D eigenvalue weighted by Crippen LogP contribution is 2.37. The third-order valence-corrected chi connectivity index (χ3v) is 3.67. The standard InChI is InChI=1S/C16H19N3/c1-16-10-5-6-12-19(16)14(9-11-17)15(18-16)13-7-3-2-4-8-13/h2-8,10,12,18H,9,11,17H2,1H3. The first-order valence-corrected chi connectivity index (χ1v) is 6.67. The summed E-state index contributed by atoms with van der Waals surface area (Å²) in [6.07, 6.45) is 9.31. The number of hydrogen-bond donors (Lipinski definition) is 2. The van der Waals surface area contributed by atoms with Crippen molar-refractivity contribution in [1.82, 2.24) is 10.2 Å². The van der Waals surface area contributed by atoms with Crippen LogP contribution in [0.1, 0.15) is 18.9 Å². The van der Waals surface area contributed by atoms with Gasteiger partial charge in [0.05, 0.1) is 5.70 Å². The zero-order valence-electron chi connectivity index (χ0n) is 11.1. The molecule has 0 fully saturated rings. The summed E-state index contributed by atoms with van der Waals surface area (Å²) in [7, 11) is 0. The molecular formula is C16H19N3. The predicted octanol–water partition coefficient (Wildman–Crippen LogP) is 2.41. The van der Waals surface area contributed by atoms with E-state index in [1.54, 1.807) is 0 Å². The Morgan fingerprint density at radius 1 is 1.21 bits per heavy atom. The minimum atomic E-state index is -0.176. The van der Waals surface area contributed by atoms with E-state index < -0.39 is 0 Å². The summed E-state index contributed by atoms with van der Waals surface area (Å²) in [5.41, 5.74) is 9.26. The fourth-order valence-electron chi connectivity index (χ4n) is 2.76. The van der Waals surface area contributed by atoms with E-state index in [4.69, 9.17) is 5.73 Å². The first-order chi connectivity index (χ1) is 9.24. The van der Waals surface area contributed by atoms with Gasteiger partial charge >= 0.3 is 0 Å². The molecule has 98 valence electrons. The van der Waals surface area contributed by atoms with Crippen molar-refractivity contribution in [3.63, 3.8) is 0 Å². The van der Waals surface area contributed by atoms with Crippen LogP contribution >= 0.6 is 0 Å². The third kappa shape index (κ3) is 1.96. The monoisotopic (exact) mass is 253 g/mol. The van der Waals surface area contributed by atoms with Gasteiger partial charge in [0, 0.05) is 18.3 Å². The first-order valence-electron chi connectivity index (χ1n) is 6.67. The molecule has 2 aliphatic heterocycles. The second-order valence-corrected chi connectivity index (χ2v) is 5.07. The topological polar surface area (TPSA) is 41.3 Å². The van der Waals surface area contributed by atoms with Gasteiger partial charge in [0.2, 0.25) is 0 Å². The van der Waals surface area contributed by atoms with Crippen LogP contribution in [0, 0.1) is 0 Å². The molecule has 1 atom stereocenters. The Labute approximate surface area is 114 Å². The van der Waals surface area contributed by atoms with Crippen LogP contribution in [0.2, 0.25) is 0 Å². The van der Waals surface area contributed by atoms with Crippen LogP contribution in [-0.4, -0.2) is 17.1 Å². The zero-order chi connectivity index (χ0) is 13.3. The first kappa shape index (κ1) is 12.1. The van der Waals surface area contributed by atoms with E-state index in [-0.39, 0.29) is 5.66 Å². The summed E-state index contributed by atoms with van der Waals surface area (Å²) in [6.45, 7) is 2.83. The molecule has 0 spiro atoms. The Morgan fingerprint density at radius 3 is 2.74 bits per heavy atom. The summed E-state index contributed by atoms with van der Waals surface area (Å²) in [6, 6.07) is 10.4. The van der Waals surface area contributed by atoms with E-state index in [1.807, 2.05) is 6.07 Å². The molecule has 0 radical (unpaired) electrons. The largest absolute Gasteiger partial charge is 0.357 e. The lowest BCUT2D eigenvalue weighted by molar-refractivity contribution is 0.266. The predicted molar refractivity (Wildman–Crippen MR) is 78.7 cm³/mol. The van der Waals surface area contributed by atoms with Crippen LogP contribution in [-0.2, 0) is 0 Å². The molecule has 3 heteroatoms. The highest BCUT2D eigenvalue weighted by Gasteiger charge is 2.38. The summed E-state index contributed by atoms with van der Waals surface area (Å²) in [4.78, 5) is 2.28. The summed E-state index contributed by atoms with van der Waals surface area (Å²) in [5, 5.41) is 3.63. The van der Waals surface area contributed by atoms with Gasteiger partial charge in [-0.15, -0.1) is 0 Å². The average molecular weight is 253 g/mol. The molecule has 3 N–H and O–H groups in total. The third-order valence-electron chi connectivity index (χ3n) is 3.67. The molecule has 0 saturated carbocycles. The maximum atomic E-state index is 5.78. The molecule has 0 aliphatic carbocycles. The van der Waals surface area contributed by atoms with Gasteiger partial charge in [-0.25, -0.2) is 0 Å². The lowest BCUT2D eigenvalue weighted by Gasteiger charge is -2.35. The smallest absolute Gasteiger partial charge is 0.131 e. The molecule has 0 bridgehead atoms. The lowest BCUT2D eigenvalue weighted by atomic mass is 10.1. The SMILES string of the molecule is CC12C=CC=CN1C(CCN)=C(c1ccccc1)N2. The van der Waals surface area contributed by atoms with Gasteiger partial charge in [0.25, 0.3) is 0 Å². The van der Waals surface area contributed by atoms with E-state index in [0.29, 0.717) is 6.54 Å². The summed E-state index contributed by atoms with van der Waals surface area (Å²) < 4.78 is 0. The zero-order valence-corrected chi connectivity index (χ0v) is 11.1. The maximum absolute atomic E-state index is 5.78. The molecule has 2 heterocycles. The number of nitrogens with zero attached hydrogens (tertiary/aromatic N) is 1. The second-order valence-electron chi connectivity index (χ2n) is 5.07. The van der Waals surface area contributed by atoms with Crippen LogP contribution in [0.4, 0.5) is 0 Å². The van der Waals surface area contributed by atoms with Crippen molar-refractivity contribution in [2.45, 2.75) is 19.0 Å². The van der Waals surface area contributed by atoms with Crippen LogP contribution in [0.3, 0.4) is 0 Å². The average Bonchev–Trinajstić information content (AvgIpc) is 2.74. The number of nitrogens with one attached hydrogen (secondary N) is 1. The summed E-state index contributed by atoms with van der Waals surface area (Å²) in [5.74, 6) is 0. The fraction of sp³-hybridized carbons (Fsp3) is 0.250. The van der Waals surface area contributed by atoms with Crippen LogP contribution in [0.5, 0.6) is 0 Å². The Kier molecular flexibility index (Phi) is 2.91. The number of fused-ring (bicyclic) bond motifs is 1. The Bertz CT molecular complexity index is 557. The van der Waals surface area contributed by atoms with Crippen molar-refractivity contribution in [3.05, 3.63) is 66.0 Å². The highest BCUT2D eigenvalue weighted by atomic mass is 15.4. The van der Waals surface area contributed by atoms with Gasteiger partial charge in [-0.2, -0.15) is 0 Å². The number of rotatable bonds is 3. The van der Waals surface area contributed by atoms with E-state index in [1.165, 1.54) is 17.0 Å². The Hall–Kier alpha value is -2.00. The highest BCUT2D eigenvalue weighted by molar-refractivity contribution is 5.71. The van der Waals surface area contributed by atoms with Gasteiger partial charge in [-0.3, -0.25) is 0 Å². The van der Waals surface area contributed by atoms with Crippen molar-refractivity contribution < 1.29 is 0 Å². The molecule has 1 unspecified atom stereocenters. The van der Waals surface area contributed by atoms with Crippen LogP contribution in [0.15, 0.2) is 60.5 Å². The molecule has 3 nitrogen and oxygen atoms in total. The van der Waals surface area contributed by atoms with Crippen molar-refractivity contribution in [2.24, 2.45) is 5.73 Å². The van der Waals surface area contributed by atoms with Gasteiger partial charge in [0.15, 0.2) is 0 Å². The molecule has 19 heavy (non-hydrogen) atoms. The molecule has 1 aromatic rings. The van der Waals surface area contributed by atoms with E-state index >= 15 is 0 Å². The van der Waals surface area contributed by atoms with E-state index in [0.717, 1.165) is 6.42 Å². The minimum Gasteiger partial charge on any atom is -0.357 e. The molecule has 0 aromatic heterocycles. The number of allylic oxidation sites excluding steroid dienone is 2. The number of hydrogen-bond acceptors (Lipinski definition) is 3. The van der Waals surface area contributed by atoms with Crippen LogP contribution in [0.25, 0.3) is 5.70 Å². The minimum absolute atomic E-state index is 0.176. The van der Waals surface area contributed by atoms with Crippen molar-refractivity contribution >= 4 is 5.70 Å². The lowest BCUT2D eigenvalue weighted by Crippen LogP contribution is -2.46. The molecule has 1 aromatic carbocycles. The summed E-state index contributed by atoms with van der Waals surface area (Å²) >= 11 is 0. The fourth-order valence-corrected chi connectivity index (χ4v) is 2.76. The molecule has 2 aliphatic rings. The number of nitrogens with two attached hydrogens (primary N) is 1. The van der Waals surface area contributed by atoms with Gasteiger partial charge in [-0.1, -0.05) is 36.4 Å². The van der Waals surface area contributed by atoms with Gasteiger partial charge in [0.1, 0.15) is 5.66 Å².